The molecule has 1 aliphatic heterocycles. The Kier molecular flexibility index (Phi) is 4.66. The number of thiol groups is 1. The van der Waals surface area contributed by atoms with E-state index in [4.69, 9.17) is 0 Å². The second kappa shape index (κ2) is 6.25. The molecule has 0 spiro atoms. The summed E-state index contributed by atoms with van der Waals surface area (Å²) in [5.74, 6) is 0.0286. The number of amides is 1. The third-order valence-corrected chi connectivity index (χ3v) is 3.67. The summed E-state index contributed by atoms with van der Waals surface area (Å²) in [7, 11) is 0. The molecule has 1 fully saturated rings. The summed E-state index contributed by atoms with van der Waals surface area (Å²) < 4.78 is 0. The average Bonchev–Trinajstić information content (AvgIpc) is 2.39. The predicted molar refractivity (Wildman–Crippen MR) is 74.7 cm³/mol. The van der Waals surface area contributed by atoms with Crippen LogP contribution in [0.1, 0.15) is 18.4 Å². The van der Waals surface area contributed by atoms with Crippen molar-refractivity contribution in [2.45, 2.75) is 30.6 Å². The largest absolute Gasteiger partial charge is 0.391 e. The van der Waals surface area contributed by atoms with Gasteiger partial charge in [0.15, 0.2) is 0 Å². The van der Waals surface area contributed by atoms with Crippen LogP contribution in [0.3, 0.4) is 0 Å². The molecule has 1 N–H and O–H groups in total. The molecule has 1 heterocycles. The highest BCUT2D eigenvalue weighted by molar-refractivity contribution is 7.81. The first-order valence-corrected chi connectivity index (χ1v) is 6.87. The highest BCUT2D eigenvalue weighted by atomic mass is 32.1. The number of nitrogens with zero attached hydrogens (tertiary/aromatic N) is 1. The second-order valence-corrected chi connectivity index (χ2v) is 5.41. The smallest absolute Gasteiger partial charge is 0.235 e. The molecule has 4 heteroatoms. The zero-order valence-electron chi connectivity index (χ0n) is 10.3. The number of piperidine rings is 1. The van der Waals surface area contributed by atoms with E-state index in [2.05, 4.69) is 12.6 Å². The number of benzene rings is 1. The van der Waals surface area contributed by atoms with Crippen LogP contribution in [0.2, 0.25) is 0 Å². The Morgan fingerprint density at radius 3 is 2.83 bits per heavy atom. The van der Waals surface area contributed by atoms with Crippen LogP contribution >= 0.6 is 12.6 Å². The quantitative estimate of drug-likeness (QED) is 0.813. The highest BCUT2D eigenvalue weighted by Gasteiger charge is 2.26. The maximum absolute atomic E-state index is 12.2. The normalized spacial score (nSPS) is 21.7. The number of hydrogen-bond donors (Lipinski definition) is 2. The number of rotatable bonds is 3. The predicted octanol–water partition coefficient (Wildman–Crippen LogP) is 1.51. The lowest BCUT2D eigenvalue weighted by Crippen LogP contribution is -2.45. The minimum absolute atomic E-state index is 0.0286. The first-order chi connectivity index (χ1) is 8.66. The Hall–Kier alpha value is -1.00. The van der Waals surface area contributed by atoms with Gasteiger partial charge < -0.3 is 10.0 Å². The average molecular weight is 265 g/mol. The van der Waals surface area contributed by atoms with Gasteiger partial charge in [0.2, 0.25) is 5.91 Å². The topological polar surface area (TPSA) is 40.5 Å². The molecular weight excluding hydrogens is 246 g/mol. The minimum atomic E-state index is -0.375. The van der Waals surface area contributed by atoms with Gasteiger partial charge in [0, 0.05) is 13.1 Å². The van der Waals surface area contributed by atoms with E-state index in [1.807, 2.05) is 30.3 Å². The number of likely N-dealkylation sites (tertiary alicyclic amines) is 1. The monoisotopic (exact) mass is 265 g/mol. The number of carbonyl (C=O) groups excluding carboxylic acids is 1. The van der Waals surface area contributed by atoms with Crippen molar-refractivity contribution in [2.24, 2.45) is 0 Å². The SMILES string of the molecule is O=C(C(S)Cc1ccccc1)N1CCCC(O)C1. The fourth-order valence-electron chi connectivity index (χ4n) is 2.29. The van der Waals surface area contributed by atoms with Crippen molar-refractivity contribution in [1.82, 2.24) is 4.90 Å². The van der Waals surface area contributed by atoms with Gasteiger partial charge in [-0.3, -0.25) is 4.79 Å². The van der Waals surface area contributed by atoms with E-state index in [1.54, 1.807) is 4.90 Å². The van der Waals surface area contributed by atoms with Crippen LogP contribution in [-0.4, -0.2) is 40.4 Å². The molecule has 1 aliphatic rings. The molecule has 1 aromatic rings. The summed E-state index contributed by atoms with van der Waals surface area (Å²) >= 11 is 4.40. The minimum Gasteiger partial charge on any atom is -0.391 e. The van der Waals surface area contributed by atoms with Gasteiger partial charge in [0.05, 0.1) is 11.4 Å². The molecule has 0 bridgehead atoms. The highest BCUT2D eigenvalue weighted by Crippen LogP contribution is 2.15. The van der Waals surface area contributed by atoms with Gasteiger partial charge >= 0.3 is 0 Å². The van der Waals surface area contributed by atoms with Crippen molar-refractivity contribution in [3.05, 3.63) is 35.9 Å². The summed E-state index contributed by atoms with van der Waals surface area (Å²) in [5.41, 5.74) is 1.11. The molecule has 0 radical (unpaired) electrons. The van der Waals surface area contributed by atoms with Crippen LogP contribution in [0.25, 0.3) is 0 Å². The summed E-state index contributed by atoms with van der Waals surface area (Å²) in [6.45, 7) is 1.19. The standard InChI is InChI=1S/C14H19NO2S/c16-12-7-4-8-15(10-12)14(17)13(18)9-11-5-2-1-3-6-11/h1-3,5-6,12-13,16,18H,4,7-10H2. The number of hydrogen-bond acceptors (Lipinski definition) is 3. The molecule has 3 nitrogen and oxygen atoms in total. The van der Waals surface area contributed by atoms with Crippen LogP contribution in [0.5, 0.6) is 0 Å². The van der Waals surface area contributed by atoms with E-state index in [0.29, 0.717) is 13.0 Å². The molecule has 2 atom stereocenters. The van der Waals surface area contributed by atoms with Gasteiger partial charge in [-0.2, -0.15) is 12.6 Å². The molecule has 2 rings (SSSR count). The van der Waals surface area contributed by atoms with Crippen molar-refractivity contribution in [3.8, 4) is 0 Å². The van der Waals surface area contributed by atoms with Crippen molar-refractivity contribution in [2.75, 3.05) is 13.1 Å². The molecule has 98 valence electrons. The molecule has 2 unspecified atom stereocenters. The fraction of sp³-hybridized carbons (Fsp3) is 0.500. The third-order valence-electron chi connectivity index (χ3n) is 3.27. The van der Waals surface area contributed by atoms with Crippen LogP contribution in [0.4, 0.5) is 0 Å². The zero-order valence-corrected chi connectivity index (χ0v) is 11.2. The maximum atomic E-state index is 12.2. The van der Waals surface area contributed by atoms with Crippen molar-refractivity contribution in [1.29, 1.82) is 0 Å². The maximum Gasteiger partial charge on any atom is 0.235 e. The lowest BCUT2D eigenvalue weighted by Gasteiger charge is -2.31. The summed E-state index contributed by atoms with van der Waals surface area (Å²) in [6.07, 6.45) is 1.92. The Balaban J connectivity index is 1.92. The fourth-order valence-corrected chi connectivity index (χ4v) is 2.66. The molecule has 1 saturated heterocycles. The number of β-amino-alcohol motifs (C(OH)–C–C–N with tert-alkyl or cyclic N) is 1. The Labute approximate surface area is 113 Å². The third kappa shape index (κ3) is 3.50. The van der Waals surface area contributed by atoms with Crippen molar-refractivity contribution < 1.29 is 9.90 Å². The van der Waals surface area contributed by atoms with Crippen molar-refractivity contribution in [3.63, 3.8) is 0 Å². The molecule has 0 aromatic heterocycles. The molecule has 18 heavy (non-hydrogen) atoms. The molecule has 0 saturated carbocycles. The van der Waals surface area contributed by atoms with Crippen LogP contribution in [-0.2, 0) is 11.2 Å². The van der Waals surface area contributed by atoms with E-state index >= 15 is 0 Å². The van der Waals surface area contributed by atoms with E-state index in [1.165, 1.54) is 0 Å². The number of aliphatic hydroxyl groups is 1. The molecule has 1 aromatic carbocycles. The van der Waals surface area contributed by atoms with Crippen LogP contribution in [0.15, 0.2) is 30.3 Å². The Morgan fingerprint density at radius 2 is 2.17 bits per heavy atom. The van der Waals surface area contributed by atoms with Crippen LogP contribution in [0, 0.1) is 0 Å². The second-order valence-electron chi connectivity index (χ2n) is 4.79. The van der Waals surface area contributed by atoms with Gasteiger partial charge in [0.1, 0.15) is 0 Å². The first-order valence-electron chi connectivity index (χ1n) is 6.35. The lowest BCUT2D eigenvalue weighted by molar-refractivity contribution is -0.133. The van der Waals surface area contributed by atoms with Gasteiger partial charge in [-0.1, -0.05) is 30.3 Å². The van der Waals surface area contributed by atoms with E-state index in [9.17, 15) is 9.90 Å². The lowest BCUT2D eigenvalue weighted by atomic mass is 10.1. The van der Waals surface area contributed by atoms with Gasteiger partial charge in [-0.15, -0.1) is 0 Å². The van der Waals surface area contributed by atoms with Gasteiger partial charge in [0.25, 0.3) is 0 Å². The molecule has 1 amide bonds. The summed E-state index contributed by atoms with van der Waals surface area (Å²) in [6, 6.07) is 9.89. The zero-order chi connectivity index (χ0) is 13.0. The Morgan fingerprint density at radius 1 is 1.44 bits per heavy atom. The number of aliphatic hydroxyl groups excluding tert-OH is 1. The number of carbonyl (C=O) groups is 1. The first kappa shape index (κ1) is 13.4. The van der Waals surface area contributed by atoms with Gasteiger partial charge in [-0.05, 0) is 24.8 Å². The summed E-state index contributed by atoms with van der Waals surface area (Å²) in [5, 5.41) is 9.26. The Bertz CT molecular complexity index is 396. The van der Waals surface area contributed by atoms with E-state index in [0.717, 1.165) is 24.9 Å². The van der Waals surface area contributed by atoms with E-state index in [-0.39, 0.29) is 17.3 Å². The summed E-state index contributed by atoms with van der Waals surface area (Å²) in [4.78, 5) is 13.9. The van der Waals surface area contributed by atoms with Gasteiger partial charge in [-0.25, -0.2) is 0 Å². The van der Waals surface area contributed by atoms with E-state index < -0.39 is 0 Å². The molecular formula is C14H19NO2S. The molecule has 0 aliphatic carbocycles. The van der Waals surface area contributed by atoms with Crippen LogP contribution < -0.4 is 0 Å². The van der Waals surface area contributed by atoms with Crippen molar-refractivity contribution >= 4 is 18.5 Å².